The van der Waals surface area contributed by atoms with Crippen molar-refractivity contribution in [1.29, 1.82) is 0 Å². The van der Waals surface area contributed by atoms with Crippen LogP contribution in [0.15, 0.2) is 0 Å². The van der Waals surface area contributed by atoms with Gasteiger partial charge in [0.2, 0.25) is 5.91 Å². The molecule has 5 nitrogen and oxygen atoms in total. The Bertz CT molecular complexity index is 168. The second kappa shape index (κ2) is 6.75. The highest BCUT2D eigenvalue weighted by atomic mass is 17.2. The first-order chi connectivity index (χ1) is 6.84. The summed E-state index contributed by atoms with van der Waals surface area (Å²) >= 11 is 0. The lowest BCUT2D eigenvalue weighted by Gasteiger charge is -2.26. The lowest BCUT2D eigenvalue weighted by atomic mass is 10.3. The van der Waals surface area contributed by atoms with Gasteiger partial charge >= 0.3 is 0 Å². The van der Waals surface area contributed by atoms with Crippen LogP contribution >= 0.6 is 0 Å². The van der Waals surface area contributed by atoms with E-state index in [0.717, 1.165) is 0 Å². The second-order valence-electron chi connectivity index (χ2n) is 2.97. The average Bonchev–Trinajstić information content (AvgIpc) is 2.25. The third kappa shape index (κ3) is 4.04. The first-order valence-electron chi connectivity index (χ1n) is 4.94. The van der Waals surface area contributed by atoms with Crippen molar-refractivity contribution >= 4 is 5.91 Å². The van der Waals surface area contributed by atoms with E-state index in [1.165, 1.54) is 0 Å². The SMILES string of the molecule is CCOOCCC(=O)N1CCOCC1. The van der Waals surface area contributed by atoms with Crippen molar-refractivity contribution in [3.05, 3.63) is 0 Å². The van der Waals surface area contributed by atoms with Crippen LogP contribution in [0.4, 0.5) is 0 Å². The Balaban J connectivity index is 2.07. The van der Waals surface area contributed by atoms with Crippen LogP contribution in [0.3, 0.4) is 0 Å². The van der Waals surface area contributed by atoms with Crippen molar-refractivity contribution < 1.29 is 19.3 Å². The number of nitrogens with zero attached hydrogens (tertiary/aromatic N) is 1. The number of rotatable bonds is 5. The Morgan fingerprint density at radius 2 is 2.07 bits per heavy atom. The van der Waals surface area contributed by atoms with Crippen molar-refractivity contribution in [1.82, 2.24) is 4.90 Å². The van der Waals surface area contributed by atoms with Gasteiger partial charge in [-0.3, -0.25) is 4.79 Å². The Morgan fingerprint density at radius 3 is 2.71 bits per heavy atom. The lowest BCUT2D eigenvalue weighted by Crippen LogP contribution is -2.41. The number of carbonyl (C=O) groups excluding carboxylic acids is 1. The van der Waals surface area contributed by atoms with Crippen LogP contribution < -0.4 is 0 Å². The van der Waals surface area contributed by atoms with Crippen molar-refractivity contribution in [2.24, 2.45) is 0 Å². The lowest BCUT2D eigenvalue weighted by molar-refractivity contribution is -0.290. The van der Waals surface area contributed by atoms with Gasteiger partial charge < -0.3 is 9.64 Å². The molecular formula is C9H17NO4. The van der Waals surface area contributed by atoms with Gasteiger partial charge in [-0.1, -0.05) is 0 Å². The van der Waals surface area contributed by atoms with E-state index in [-0.39, 0.29) is 5.91 Å². The van der Waals surface area contributed by atoms with Crippen LogP contribution in [-0.4, -0.2) is 50.3 Å². The minimum absolute atomic E-state index is 0.105. The average molecular weight is 203 g/mol. The van der Waals surface area contributed by atoms with E-state index in [0.29, 0.717) is 45.9 Å². The van der Waals surface area contributed by atoms with Gasteiger partial charge in [0.25, 0.3) is 0 Å². The Morgan fingerprint density at radius 1 is 1.36 bits per heavy atom. The molecule has 5 heteroatoms. The molecule has 1 heterocycles. The van der Waals surface area contributed by atoms with Crippen molar-refractivity contribution in [3.8, 4) is 0 Å². The Kier molecular flexibility index (Phi) is 5.51. The van der Waals surface area contributed by atoms with Crippen LogP contribution in [0, 0.1) is 0 Å². The molecule has 0 N–H and O–H groups in total. The maximum atomic E-state index is 11.5. The summed E-state index contributed by atoms with van der Waals surface area (Å²) in [4.78, 5) is 22.7. The summed E-state index contributed by atoms with van der Waals surface area (Å²) in [5.41, 5.74) is 0. The molecule has 1 rings (SSSR count). The maximum Gasteiger partial charge on any atom is 0.225 e. The van der Waals surface area contributed by atoms with Crippen LogP contribution in [0.2, 0.25) is 0 Å². The van der Waals surface area contributed by atoms with Gasteiger partial charge in [0.05, 0.1) is 32.8 Å². The van der Waals surface area contributed by atoms with Crippen LogP contribution in [-0.2, 0) is 19.3 Å². The van der Waals surface area contributed by atoms with E-state index in [1.54, 1.807) is 4.90 Å². The summed E-state index contributed by atoms with van der Waals surface area (Å²) in [6.07, 6.45) is 0.375. The predicted molar refractivity (Wildman–Crippen MR) is 49.6 cm³/mol. The fourth-order valence-corrected chi connectivity index (χ4v) is 1.24. The van der Waals surface area contributed by atoms with Crippen molar-refractivity contribution in [3.63, 3.8) is 0 Å². The minimum atomic E-state index is 0.105. The highest BCUT2D eigenvalue weighted by Gasteiger charge is 2.16. The van der Waals surface area contributed by atoms with Crippen LogP contribution in [0.1, 0.15) is 13.3 Å². The van der Waals surface area contributed by atoms with Gasteiger partial charge in [-0.25, -0.2) is 9.78 Å². The number of ether oxygens (including phenoxy) is 1. The third-order valence-electron chi connectivity index (χ3n) is 1.96. The number of hydrogen-bond acceptors (Lipinski definition) is 4. The summed E-state index contributed by atoms with van der Waals surface area (Å²) in [6, 6.07) is 0. The standard InChI is InChI=1S/C9H17NO4/c1-2-13-14-6-3-9(11)10-4-7-12-8-5-10/h2-8H2,1H3. The molecule has 0 aromatic rings. The Hall–Kier alpha value is -0.650. The molecule has 1 aliphatic rings. The van der Waals surface area contributed by atoms with Gasteiger partial charge in [-0.15, -0.1) is 0 Å². The summed E-state index contributed by atoms with van der Waals surface area (Å²) in [5, 5.41) is 0. The Labute approximate surface area is 83.8 Å². The normalized spacial score (nSPS) is 17.1. The van der Waals surface area contributed by atoms with Gasteiger partial charge in [-0.2, -0.15) is 0 Å². The third-order valence-corrected chi connectivity index (χ3v) is 1.96. The molecule has 0 atom stereocenters. The molecule has 1 amide bonds. The molecule has 0 radical (unpaired) electrons. The largest absolute Gasteiger partial charge is 0.378 e. The van der Waals surface area contributed by atoms with Crippen molar-refractivity contribution in [2.45, 2.75) is 13.3 Å². The van der Waals surface area contributed by atoms with Gasteiger partial charge in [0.15, 0.2) is 0 Å². The molecule has 1 saturated heterocycles. The molecule has 0 aliphatic carbocycles. The smallest absolute Gasteiger partial charge is 0.225 e. The molecule has 0 spiro atoms. The van der Waals surface area contributed by atoms with E-state index in [4.69, 9.17) is 9.62 Å². The number of hydrogen-bond donors (Lipinski definition) is 0. The molecule has 0 bridgehead atoms. The fourth-order valence-electron chi connectivity index (χ4n) is 1.24. The molecule has 0 aromatic carbocycles. The van der Waals surface area contributed by atoms with Crippen LogP contribution in [0.5, 0.6) is 0 Å². The van der Waals surface area contributed by atoms with Gasteiger partial charge in [0, 0.05) is 13.1 Å². The zero-order valence-corrected chi connectivity index (χ0v) is 8.53. The van der Waals surface area contributed by atoms with E-state index in [2.05, 4.69) is 4.89 Å². The zero-order chi connectivity index (χ0) is 10.2. The summed E-state index contributed by atoms with van der Waals surface area (Å²) in [5.74, 6) is 0.105. The van der Waals surface area contributed by atoms with E-state index >= 15 is 0 Å². The quantitative estimate of drug-likeness (QED) is 0.364. The highest BCUT2D eigenvalue weighted by molar-refractivity contribution is 5.76. The first-order valence-corrected chi connectivity index (χ1v) is 4.94. The molecule has 1 fully saturated rings. The molecule has 1 aliphatic heterocycles. The van der Waals surface area contributed by atoms with E-state index < -0.39 is 0 Å². The number of morpholine rings is 1. The topological polar surface area (TPSA) is 48.0 Å². The summed E-state index contributed by atoms with van der Waals surface area (Å²) in [6.45, 7) is 5.32. The molecule has 82 valence electrons. The summed E-state index contributed by atoms with van der Waals surface area (Å²) < 4.78 is 5.14. The summed E-state index contributed by atoms with van der Waals surface area (Å²) in [7, 11) is 0. The van der Waals surface area contributed by atoms with E-state index in [1.807, 2.05) is 6.92 Å². The monoisotopic (exact) mass is 203 g/mol. The fraction of sp³-hybridized carbons (Fsp3) is 0.889. The van der Waals surface area contributed by atoms with Gasteiger partial charge in [-0.05, 0) is 6.92 Å². The zero-order valence-electron chi connectivity index (χ0n) is 8.53. The molecular weight excluding hydrogens is 186 g/mol. The van der Waals surface area contributed by atoms with Crippen LogP contribution in [0.25, 0.3) is 0 Å². The minimum Gasteiger partial charge on any atom is -0.378 e. The highest BCUT2D eigenvalue weighted by Crippen LogP contribution is 2.00. The predicted octanol–water partition coefficient (Wildman–Crippen LogP) is 0.203. The van der Waals surface area contributed by atoms with Crippen molar-refractivity contribution in [2.75, 3.05) is 39.5 Å². The number of amides is 1. The second-order valence-corrected chi connectivity index (χ2v) is 2.97. The first kappa shape index (κ1) is 11.4. The van der Waals surface area contributed by atoms with Gasteiger partial charge in [0.1, 0.15) is 0 Å². The molecule has 0 unspecified atom stereocenters. The van der Waals surface area contributed by atoms with E-state index in [9.17, 15) is 4.79 Å². The molecule has 0 saturated carbocycles. The molecule has 0 aromatic heterocycles. The maximum absolute atomic E-state index is 11.5. The molecule has 14 heavy (non-hydrogen) atoms. The number of carbonyl (C=O) groups is 1.